The van der Waals surface area contributed by atoms with E-state index < -0.39 is 16.1 Å². The lowest BCUT2D eigenvalue weighted by Gasteiger charge is -2.23. The standard InChI is InChI=1S/C11H11Cl3O3/c1-2-16-10(11(12,13)14)17-9(15)8-6-4-3-5-7-8/h3-7,10H,2H2,1H3. The minimum absolute atomic E-state index is 0.265. The summed E-state index contributed by atoms with van der Waals surface area (Å²) in [6.45, 7) is 1.97. The van der Waals surface area contributed by atoms with Crippen molar-refractivity contribution >= 4 is 40.8 Å². The van der Waals surface area contributed by atoms with E-state index >= 15 is 0 Å². The summed E-state index contributed by atoms with van der Waals surface area (Å²) in [4.78, 5) is 11.7. The van der Waals surface area contributed by atoms with Crippen LogP contribution in [0.5, 0.6) is 0 Å². The molecule has 0 N–H and O–H groups in total. The number of hydrogen-bond acceptors (Lipinski definition) is 3. The number of benzene rings is 1. The molecule has 94 valence electrons. The van der Waals surface area contributed by atoms with Crippen LogP contribution in [-0.4, -0.2) is 22.7 Å². The second-order valence-electron chi connectivity index (χ2n) is 3.10. The van der Waals surface area contributed by atoms with E-state index in [2.05, 4.69) is 0 Å². The van der Waals surface area contributed by atoms with Crippen molar-refractivity contribution in [2.75, 3.05) is 6.61 Å². The molecule has 1 aromatic rings. The Hall–Kier alpha value is -0.480. The number of rotatable bonds is 4. The van der Waals surface area contributed by atoms with Gasteiger partial charge >= 0.3 is 5.97 Å². The Morgan fingerprint density at radius 3 is 2.35 bits per heavy atom. The Balaban J connectivity index is 2.71. The largest absolute Gasteiger partial charge is 0.427 e. The van der Waals surface area contributed by atoms with Gasteiger partial charge < -0.3 is 9.47 Å². The minimum atomic E-state index is -1.82. The second kappa shape index (κ2) is 6.45. The zero-order valence-electron chi connectivity index (χ0n) is 9.03. The molecular weight excluding hydrogens is 286 g/mol. The molecule has 1 aromatic carbocycles. The highest BCUT2D eigenvalue weighted by Crippen LogP contribution is 2.33. The lowest BCUT2D eigenvalue weighted by molar-refractivity contribution is -0.103. The van der Waals surface area contributed by atoms with Gasteiger partial charge in [0.2, 0.25) is 0 Å². The summed E-state index contributed by atoms with van der Waals surface area (Å²) < 4.78 is 8.23. The SMILES string of the molecule is CCOC(OC(=O)c1ccccc1)C(Cl)(Cl)Cl. The minimum Gasteiger partial charge on any atom is -0.427 e. The first-order chi connectivity index (χ1) is 7.95. The number of ether oxygens (including phenoxy) is 2. The zero-order valence-corrected chi connectivity index (χ0v) is 11.3. The number of carbonyl (C=O) groups excluding carboxylic acids is 1. The normalized spacial score (nSPS) is 13.2. The Morgan fingerprint density at radius 2 is 1.88 bits per heavy atom. The highest BCUT2D eigenvalue weighted by molar-refractivity contribution is 6.68. The first kappa shape index (κ1) is 14.6. The van der Waals surface area contributed by atoms with Crippen LogP contribution in [0, 0.1) is 0 Å². The Bertz CT molecular complexity index is 362. The van der Waals surface area contributed by atoms with E-state index in [4.69, 9.17) is 44.3 Å². The van der Waals surface area contributed by atoms with Crippen LogP contribution in [0.4, 0.5) is 0 Å². The highest BCUT2D eigenvalue weighted by Gasteiger charge is 2.37. The first-order valence-electron chi connectivity index (χ1n) is 4.89. The molecule has 0 saturated carbocycles. The van der Waals surface area contributed by atoms with Crippen molar-refractivity contribution < 1.29 is 14.3 Å². The maximum atomic E-state index is 11.7. The molecule has 3 nitrogen and oxygen atoms in total. The highest BCUT2D eigenvalue weighted by atomic mass is 35.6. The van der Waals surface area contributed by atoms with Crippen molar-refractivity contribution in [3.63, 3.8) is 0 Å². The number of esters is 1. The maximum Gasteiger partial charge on any atom is 0.340 e. The molecule has 6 heteroatoms. The smallest absolute Gasteiger partial charge is 0.340 e. The van der Waals surface area contributed by atoms with Crippen LogP contribution >= 0.6 is 34.8 Å². The molecule has 0 spiro atoms. The molecule has 0 heterocycles. The van der Waals surface area contributed by atoms with Crippen LogP contribution in [0.1, 0.15) is 17.3 Å². The molecule has 0 aliphatic rings. The van der Waals surface area contributed by atoms with Gasteiger partial charge in [-0.15, -0.1) is 0 Å². The predicted molar refractivity (Wildman–Crippen MR) is 67.6 cm³/mol. The van der Waals surface area contributed by atoms with Crippen LogP contribution in [0.15, 0.2) is 30.3 Å². The fourth-order valence-electron chi connectivity index (χ4n) is 1.09. The molecule has 1 rings (SSSR count). The summed E-state index contributed by atoms with van der Waals surface area (Å²) in [7, 11) is 0. The van der Waals surface area contributed by atoms with Crippen molar-refractivity contribution in [2.45, 2.75) is 17.0 Å². The molecule has 0 aliphatic carbocycles. The first-order valence-corrected chi connectivity index (χ1v) is 6.03. The summed E-state index contributed by atoms with van der Waals surface area (Å²) >= 11 is 16.9. The number of halogens is 3. The lowest BCUT2D eigenvalue weighted by atomic mass is 10.2. The molecule has 0 saturated heterocycles. The van der Waals surface area contributed by atoms with Crippen LogP contribution in [-0.2, 0) is 9.47 Å². The third-order valence-corrected chi connectivity index (χ3v) is 2.34. The molecule has 1 atom stereocenters. The van der Waals surface area contributed by atoms with Crippen LogP contribution < -0.4 is 0 Å². The average molecular weight is 298 g/mol. The van der Waals surface area contributed by atoms with Crippen LogP contribution in [0.3, 0.4) is 0 Å². The van der Waals surface area contributed by atoms with Gasteiger partial charge in [-0.3, -0.25) is 0 Å². The van der Waals surface area contributed by atoms with E-state index in [9.17, 15) is 4.79 Å². The molecular formula is C11H11Cl3O3. The van der Waals surface area contributed by atoms with Crippen molar-refractivity contribution in [1.82, 2.24) is 0 Å². The summed E-state index contributed by atoms with van der Waals surface area (Å²) in [6.07, 6.45) is -1.23. The van der Waals surface area contributed by atoms with E-state index in [1.807, 2.05) is 0 Å². The fraction of sp³-hybridized carbons (Fsp3) is 0.364. The van der Waals surface area contributed by atoms with E-state index in [1.54, 1.807) is 37.3 Å². The summed E-state index contributed by atoms with van der Waals surface area (Å²) in [6, 6.07) is 8.41. The summed E-state index contributed by atoms with van der Waals surface area (Å²) in [5.74, 6) is -0.602. The van der Waals surface area contributed by atoms with Gasteiger partial charge in [-0.25, -0.2) is 4.79 Å². The topological polar surface area (TPSA) is 35.5 Å². The third-order valence-electron chi connectivity index (χ3n) is 1.81. The average Bonchev–Trinajstić information content (AvgIpc) is 2.28. The molecule has 0 bridgehead atoms. The van der Waals surface area contributed by atoms with Crippen molar-refractivity contribution in [3.05, 3.63) is 35.9 Å². The number of hydrogen-bond donors (Lipinski definition) is 0. The van der Waals surface area contributed by atoms with Gasteiger partial charge in [-0.2, -0.15) is 0 Å². The Labute approximate surface area is 115 Å². The van der Waals surface area contributed by atoms with Crippen LogP contribution in [0.25, 0.3) is 0 Å². The molecule has 0 aromatic heterocycles. The van der Waals surface area contributed by atoms with E-state index in [0.717, 1.165) is 0 Å². The lowest BCUT2D eigenvalue weighted by Crippen LogP contribution is -2.34. The summed E-state index contributed by atoms with van der Waals surface area (Å²) in [5, 5.41) is 0. The van der Waals surface area contributed by atoms with Gasteiger partial charge in [0, 0.05) is 6.61 Å². The molecule has 0 aliphatic heterocycles. The van der Waals surface area contributed by atoms with Gasteiger partial charge in [-0.1, -0.05) is 53.0 Å². The van der Waals surface area contributed by atoms with Crippen molar-refractivity contribution in [2.24, 2.45) is 0 Å². The molecule has 0 fully saturated rings. The monoisotopic (exact) mass is 296 g/mol. The van der Waals surface area contributed by atoms with E-state index in [1.165, 1.54) is 0 Å². The van der Waals surface area contributed by atoms with Gasteiger partial charge in [0.25, 0.3) is 10.1 Å². The molecule has 0 amide bonds. The fourth-order valence-corrected chi connectivity index (χ4v) is 1.41. The van der Waals surface area contributed by atoms with Gasteiger partial charge in [-0.05, 0) is 19.1 Å². The van der Waals surface area contributed by atoms with Gasteiger partial charge in [0.05, 0.1) is 5.56 Å². The third kappa shape index (κ3) is 4.72. The van der Waals surface area contributed by atoms with Crippen LogP contribution in [0.2, 0.25) is 0 Å². The zero-order chi connectivity index (χ0) is 12.9. The molecule has 17 heavy (non-hydrogen) atoms. The Morgan fingerprint density at radius 1 is 1.29 bits per heavy atom. The maximum absolute atomic E-state index is 11.7. The Kier molecular flexibility index (Phi) is 5.53. The van der Waals surface area contributed by atoms with Gasteiger partial charge in [0.15, 0.2) is 0 Å². The van der Waals surface area contributed by atoms with E-state index in [0.29, 0.717) is 5.56 Å². The number of alkyl halides is 3. The van der Waals surface area contributed by atoms with Crippen molar-refractivity contribution in [3.8, 4) is 0 Å². The molecule has 0 radical (unpaired) electrons. The van der Waals surface area contributed by atoms with Gasteiger partial charge in [0.1, 0.15) is 0 Å². The van der Waals surface area contributed by atoms with Crippen molar-refractivity contribution in [1.29, 1.82) is 0 Å². The molecule has 1 unspecified atom stereocenters. The van der Waals surface area contributed by atoms with E-state index in [-0.39, 0.29) is 6.61 Å². The number of carbonyl (C=O) groups is 1. The second-order valence-corrected chi connectivity index (χ2v) is 5.47. The quantitative estimate of drug-likeness (QED) is 0.484. The summed E-state index contributed by atoms with van der Waals surface area (Å²) in [5.41, 5.74) is 0.367. The predicted octanol–water partition coefficient (Wildman–Crippen LogP) is 3.58.